The van der Waals surface area contributed by atoms with Crippen LogP contribution in [0.1, 0.15) is 29.9 Å². The van der Waals surface area contributed by atoms with Crippen molar-refractivity contribution < 1.29 is 9.13 Å². The number of hydrogen-bond acceptors (Lipinski definition) is 2. The molecule has 2 rings (SSSR count). The Hall–Kier alpha value is -2.05. The molecule has 114 valence electrons. The smallest absolute Gasteiger partial charge is 0.123 e. The molecule has 0 amide bonds. The summed E-state index contributed by atoms with van der Waals surface area (Å²) in [4.78, 5) is 0. The van der Waals surface area contributed by atoms with Crippen molar-refractivity contribution in [1.82, 2.24) is 0 Å². The molecule has 22 heavy (non-hydrogen) atoms. The predicted molar refractivity (Wildman–Crippen MR) is 85.7 cm³/mol. The molecule has 0 radical (unpaired) electrons. The summed E-state index contributed by atoms with van der Waals surface area (Å²) in [6.45, 7) is 2.45. The molecule has 0 spiro atoms. The van der Waals surface area contributed by atoms with Gasteiger partial charge in [0, 0.05) is 5.02 Å². The SMILES string of the molecule is Cc1cc(OCCCC(C#N)c2ccc(F)cc2)ccc1Cl. The predicted octanol–water partition coefficient (Wildman–Crippen LogP) is 5.25. The van der Waals surface area contributed by atoms with Gasteiger partial charge < -0.3 is 4.74 Å². The lowest BCUT2D eigenvalue weighted by molar-refractivity contribution is 0.305. The minimum Gasteiger partial charge on any atom is -0.494 e. The molecule has 0 aliphatic heterocycles. The lowest BCUT2D eigenvalue weighted by atomic mass is 9.96. The molecule has 0 aliphatic carbocycles. The van der Waals surface area contributed by atoms with Gasteiger partial charge in [-0.3, -0.25) is 0 Å². The van der Waals surface area contributed by atoms with Gasteiger partial charge in [0.05, 0.1) is 18.6 Å². The number of halogens is 2. The first kappa shape index (κ1) is 16.3. The Balaban J connectivity index is 1.83. The molecule has 0 aliphatic rings. The molecule has 2 aromatic carbocycles. The van der Waals surface area contributed by atoms with Gasteiger partial charge in [0.1, 0.15) is 11.6 Å². The van der Waals surface area contributed by atoms with Crippen LogP contribution in [-0.2, 0) is 0 Å². The van der Waals surface area contributed by atoms with Crippen molar-refractivity contribution in [3.63, 3.8) is 0 Å². The van der Waals surface area contributed by atoms with Crippen LogP contribution in [0, 0.1) is 24.1 Å². The normalized spacial score (nSPS) is 11.7. The topological polar surface area (TPSA) is 33.0 Å². The van der Waals surface area contributed by atoms with Crippen molar-refractivity contribution in [2.24, 2.45) is 0 Å². The summed E-state index contributed by atoms with van der Waals surface area (Å²) >= 11 is 5.96. The Morgan fingerprint density at radius 1 is 1.23 bits per heavy atom. The minimum absolute atomic E-state index is 0.240. The van der Waals surface area contributed by atoms with Gasteiger partial charge in [-0.05, 0) is 61.2 Å². The van der Waals surface area contributed by atoms with E-state index in [0.29, 0.717) is 18.1 Å². The monoisotopic (exact) mass is 317 g/mol. The molecular formula is C18H17ClFNO. The Morgan fingerprint density at radius 2 is 1.95 bits per heavy atom. The van der Waals surface area contributed by atoms with Gasteiger partial charge in [-0.25, -0.2) is 4.39 Å². The standard InChI is InChI=1S/C18H17ClFNO/c1-13-11-17(8-9-18(13)19)22-10-2-3-15(12-21)14-4-6-16(20)7-5-14/h4-9,11,15H,2-3,10H2,1H3. The van der Waals surface area contributed by atoms with Crippen LogP contribution in [0.25, 0.3) is 0 Å². The molecule has 1 unspecified atom stereocenters. The summed E-state index contributed by atoms with van der Waals surface area (Å²) in [5, 5.41) is 9.95. The Labute approximate surface area is 135 Å². The second-order valence-corrected chi connectivity index (χ2v) is 5.54. The van der Waals surface area contributed by atoms with Gasteiger partial charge in [0.2, 0.25) is 0 Å². The Morgan fingerprint density at radius 3 is 2.59 bits per heavy atom. The van der Waals surface area contributed by atoms with Crippen molar-refractivity contribution in [1.29, 1.82) is 5.26 Å². The van der Waals surface area contributed by atoms with E-state index in [1.807, 2.05) is 25.1 Å². The fourth-order valence-corrected chi connectivity index (χ4v) is 2.30. The lowest BCUT2D eigenvalue weighted by Gasteiger charge is -2.11. The van der Waals surface area contributed by atoms with E-state index in [-0.39, 0.29) is 11.7 Å². The van der Waals surface area contributed by atoms with Gasteiger partial charge in [0.25, 0.3) is 0 Å². The highest BCUT2D eigenvalue weighted by atomic mass is 35.5. The molecule has 2 nitrogen and oxygen atoms in total. The lowest BCUT2D eigenvalue weighted by Crippen LogP contribution is -2.02. The summed E-state index contributed by atoms with van der Waals surface area (Å²) < 4.78 is 18.6. The van der Waals surface area contributed by atoms with Crippen LogP contribution in [0.15, 0.2) is 42.5 Å². The molecule has 0 heterocycles. The van der Waals surface area contributed by atoms with Crippen molar-refractivity contribution in [3.05, 3.63) is 64.4 Å². The number of benzene rings is 2. The molecule has 0 bridgehead atoms. The molecule has 4 heteroatoms. The van der Waals surface area contributed by atoms with Gasteiger partial charge in [0.15, 0.2) is 0 Å². The maximum Gasteiger partial charge on any atom is 0.123 e. The molecule has 2 aromatic rings. The number of ether oxygens (including phenoxy) is 1. The summed E-state index contributed by atoms with van der Waals surface area (Å²) in [6, 6.07) is 13.9. The summed E-state index contributed by atoms with van der Waals surface area (Å²) in [5.74, 6) is 0.246. The molecule has 1 atom stereocenters. The van der Waals surface area contributed by atoms with E-state index >= 15 is 0 Å². The zero-order valence-corrected chi connectivity index (χ0v) is 13.1. The number of nitrogens with zero attached hydrogens (tertiary/aromatic N) is 1. The van der Waals surface area contributed by atoms with Crippen LogP contribution in [0.5, 0.6) is 5.75 Å². The zero-order valence-electron chi connectivity index (χ0n) is 12.4. The molecular weight excluding hydrogens is 301 g/mol. The summed E-state index contributed by atoms with van der Waals surface area (Å²) in [6.07, 6.45) is 1.42. The second-order valence-electron chi connectivity index (χ2n) is 5.13. The molecule has 0 saturated heterocycles. The quantitative estimate of drug-likeness (QED) is 0.681. The van der Waals surface area contributed by atoms with Crippen LogP contribution in [0.4, 0.5) is 4.39 Å². The van der Waals surface area contributed by atoms with Gasteiger partial charge in [-0.1, -0.05) is 23.7 Å². The Bertz CT molecular complexity index is 664. The second kappa shape index (κ2) is 7.82. The first-order valence-electron chi connectivity index (χ1n) is 7.14. The van der Waals surface area contributed by atoms with E-state index in [2.05, 4.69) is 6.07 Å². The van der Waals surface area contributed by atoms with Crippen LogP contribution < -0.4 is 4.74 Å². The van der Waals surface area contributed by atoms with Crippen molar-refractivity contribution >= 4 is 11.6 Å². The van der Waals surface area contributed by atoms with E-state index < -0.39 is 0 Å². The first-order chi connectivity index (χ1) is 10.6. The van der Waals surface area contributed by atoms with Crippen molar-refractivity contribution in [2.75, 3.05) is 6.61 Å². The number of rotatable bonds is 6. The molecule has 0 aromatic heterocycles. The van der Waals surface area contributed by atoms with Crippen LogP contribution in [0.3, 0.4) is 0 Å². The summed E-state index contributed by atoms with van der Waals surface area (Å²) in [7, 11) is 0. The maximum absolute atomic E-state index is 12.9. The van der Waals surface area contributed by atoms with Gasteiger partial charge >= 0.3 is 0 Å². The Kier molecular flexibility index (Phi) is 5.80. The molecule has 0 fully saturated rings. The number of aryl methyl sites for hydroxylation is 1. The third-order valence-electron chi connectivity index (χ3n) is 3.46. The number of hydrogen-bond donors (Lipinski definition) is 0. The van der Waals surface area contributed by atoms with Crippen LogP contribution in [0.2, 0.25) is 5.02 Å². The van der Waals surface area contributed by atoms with E-state index in [0.717, 1.165) is 23.3 Å². The van der Waals surface area contributed by atoms with Gasteiger partial charge in [-0.2, -0.15) is 5.26 Å². The number of nitriles is 1. The van der Waals surface area contributed by atoms with E-state index in [1.54, 1.807) is 12.1 Å². The van der Waals surface area contributed by atoms with Crippen LogP contribution in [-0.4, -0.2) is 6.61 Å². The third kappa shape index (κ3) is 4.47. The van der Waals surface area contributed by atoms with E-state index in [4.69, 9.17) is 16.3 Å². The third-order valence-corrected chi connectivity index (χ3v) is 3.89. The zero-order chi connectivity index (χ0) is 15.9. The fourth-order valence-electron chi connectivity index (χ4n) is 2.19. The highest BCUT2D eigenvalue weighted by molar-refractivity contribution is 6.31. The first-order valence-corrected chi connectivity index (χ1v) is 7.52. The van der Waals surface area contributed by atoms with Crippen LogP contribution >= 0.6 is 11.6 Å². The van der Waals surface area contributed by atoms with Crippen molar-refractivity contribution in [3.8, 4) is 11.8 Å². The van der Waals surface area contributed by atoms with E-state index in [9.17, 15) is 9.65 Å². The average molecular weight is 318 g/mol. The highest BCUT2D eigenvalue weighted by Crippen LogP contribution is 2.23. The average Bonchev–Trinajstić information content (AvgIpc) is 2.52. The minimum atomic E-state index is -0.290. The molecule has 0 N–H and O–H groups in total. The largest absolute Gasteiger partial charge is 0.494 e. The maximum atomic E-state index is 12.9. The van der Waals surface area contributed by atoms with Crippen molar-refractivity contribution in [2.45, 2.75) is 25.7 Å². The van der Waals surface area contributed by atoms with E-state index in [1.165, 1.54) is 12.1 Å². The summed E-state index contributed by atoms with van der Waals surface area (Å²) in [5.41, 5.74) is 1.81. The van der Waals surface area contributed by atoms with Gasteiger partial charge in [-0.15, -0.1) is 0 Å². The molecule has 0 saturated carbocycles. The highest BCUT2D eigenvalue weighted by Gasteiger charge is 2.10. The fraction of sp³-hybridized carbons (Fsp3) is 0.278.